The number of fused-ring (bicyclic) bond motifs is 18. The lowest BCUT2D eigenvalue weighted by Gasteiger charge is -2.20. The number of non-ortho nitro benzene ring substituents is 3. The third kappa shape index (κ3) is 5.41. The Labute approximate surface area is 394 Å². The van der Waals surface area contributed by atoms with Crippen LogP contribution < -0.4 is 0 Å². The maximum Gasteiger partial charge on any atom is 0.270 e. The van der Waals surface area contributed by atoms with Crippen LogP contribution in [0, 0.1) is 30.3 Å². The van der Waals surface area contributed by atoms with Gasteiger partial charge in [-0.3, -0.25) is 30.3 Å². The molecular weight excluding hydrogens is 859 g/mol. The third-order valence-electron chi connectivity index (χ3n) is 15.4. The van der Waals surface area contributed by atoms with Gasteiger partial charge < -0.3 is 0 Å². The molecule has 0 fully saturated rings. The molecule has 13 rings (SSSR count). The van der Waals surface area contributed by atoms with Crippen molar-refractivity contribution in [2.24, 2.45) is 0 Å². The lowest BCUT2D eigenvalue weighted by atomic mass is 9.84. The van der Waals surface area contributed by atoms with E-state index in [1.54, 1.807) is 36.4 Å². The van der Waals surface area contributed by atoms with Crippen LogP contribution in [0.5, 0.6) is 0 Å². The summed E-state index contributed by atoms with van der Waals surface area (Å²) in [6, 6.07) is 35.9. The van der Waals surface area contributed by atoms with Gasteiger partial charge in [0, 0.05) is 36.4 Å². The Morgan fingerprint density at radius 2 is 0.493 bits per heavy atom. The monoisotopic (exact) mass is 903 g/mol. The maximum absolute atomic E-state index is 12.4. The molecule has 13 aromatic rings. The summed E-state index contributed by atoms with van der Waals surface area (Å²) < 4.78 is 0. The van der Waals surface area contributed by atoms with E-state index in [0.29, 0.717) is 0 Å². The molecule has 9 nitrogen and oxygen atoms in total. The molecular formula is C60H45N3O6. The molecule has 0 aliphatic rings. The molecule has 9 heteroatoms. The van der Waals surface area contributed by atoms with Crippen LogP contribution in [-0.2, 0) is 16.2 Å². The molecule has 0 radical (unpaired) electrons. The summed E-state index contributed by atoms with van der Waals surface area (Å²) in [7, 11) is 0. The van der Waals surface area contributed by atoms with Gasteiger partial charge in [0.1, 0.15) is 0 Å². The highest BCUT2D eigenvalue weighted by Crippen LogP contribution is 2.58. The molecule has 336 valence electrons. The summed E-state index contributed by atoms with van der Waals surface area (Å²) in [4.78, 5) is 36.2. The summed E-state index contributed by atoms with van der Waals surface area (Å²) >= 11 is 0. The Balaban J connectivity index is 1.44. The van der Waals surface area contributed by atoms with E-state index in [0.717, 1.165) is 146 Å². The van der Waals surface area contributed by atoms with Crippen molar-refractivity contribution in [3.63, 3.8) is 0 Å². The van der Waals surface area contributed by atoms with Gasteiger partial charge in [-0.2, -0.15) is 0 Å². The van der Waals surface area contributed by atoms with Crippen molar-refractivity contribution in [3.8, 4) is 0 Å². The lowest BCUT2D eigenvalue weighted by molar-refractivity contribution is -0.384. The first-order chi connectivity index (χ1) is 32.6. The molecule has 0 N–H and O–H groups in total. The van der Waals surface area contributed by atoms with E-state index in [9.17, 15) is 30.3 Å². The van der Waals surface area contributed by atoms with Gasteiger partial charge in [0.05, 0.1) is 14.8 Å². The summed E-state index contributed by atoms with van der Waals surface area (Å²) in [5, 5.41) is 61.2. The van der Waals surface area contributed by atoms with Gasteiger partial charge >= 0.3 is 0 Å². The molecule has 0 aliphatic heterocycles. The first-order valence-corrected chi connectivity index (χ1v) is 23.4. The predicted octanol–water partition coefficient (Wildman–Crippen LogP) is 17.5. The molecule has 0 heterocycles. The molecule has 69 heavy (non-hydrogen) atoms. The first-order valence-electron chi connectivity index (χ1n) is 23.4. The molecule has 0 aromatic heterocycles. The van der Waals surface area contributed by atoms with E-state index >= 15 is 0 Å². The van der Waals surface area contributed by atoms with Crippen LogP contribution in [0.1, 0.15) is 79.0 Å². The standard InChI is InChI=1S/C60H45N3O6/c1-58(2,3)31-22-40-37-13-10-34(61(64)65)16-28(37)19-43-49(40)46(25-31)55-52(43)56-48-27-33(60(7,8)9)24-42-39-15-12-36(63(68)69)18-30(39)21-45(51(42)48)54(56)57-47-26-32(59(4,5)6)23-41-38-14-11-35(62(66)67)17-29(38)20-44(50(41)47)53(55)57/h10-27H,1-9H3. The largest absolute Gasteiger partial charge is 0.270 e. The summed E-state index contributed by atoms with van der Waals surface area (Å²) in [6.07, 6.45) is 0. The third-order valence-corrected chi connectivity index (χ3v) is 15.4. The van der Waals surface area contributed by atoms with Gasteiger partial charge in [-0.15, -0.1) is 0 Å². The Morgan fingerprint density at radius 1 is 0.275 bits per heavy atom. The van der Waals surface area contributed by atoms with Gasteiger partial charge in [-0.25, -0.2) is 0 Å². The fraction of sp³-hybridized carbons (Fsp3) is 0.200. The fourth-order valence-electron chi connectivity index (χ4n) is 12.1. The number of benzene rings is 10. The van der Waals surface area contributed by atoms with E-state index in [-0.39, 0.29) is 48.1 Å². The maximum atomic E-state index is 12.4. The average Bonchev–Trinajstić information content (AvgIpc) is 3.91. The van der Waals surface area contributed by atoms with E-state index < -0.39 is 0 Å². The number of rotatable bonds is 3. The minimum absolute atomic E-state index is 0.0178. The van der Waals surface area contributed by atoms with Crippen LogP contribution >= 0.6 is 0 Å². The van der Waals surface area contributed by atoms with Gasteiger partial charge in [-0.1, -0.05) is 62.3 Å². The van der Waals surface area contributed by atoms with E-state index in [1.807, 2.05) is 18.2 Å². The van der Waals surface area contributed by atoms with Crippen LogP contribution in [0.3, 0.4) is 0 Å². The second kappa shape index (κ2) is 12.9. The van der Waals surface area contributed by atoms with Crippen molar-refractivity contribution >= 4 is 146 Å². The van der Waals surface area contributed by atoms with Crippen LogP contribution in [0.4, 0.5) is 17.1 Å². The van der Waals surface area contributed by atoms with Crippen molar-refractivity contribution in [1.82, 2.24) is 0 Å². The van der Waals surface area contributed by atoms with Crippen molar-refractivity contribution in [2.45, 2.75) is 78.6 Å². The molecule has 0 bridgehead atoms. The molecule has 0 atom stereocenters. The lowest BCUT2D eigenvalue weighted by Crippen LogP contribution is -2.10. The highest BCUT2D eigenvalue weighted by Gasteiger charge is 2.32. The minimum Gasteiger partial charge on any atom is -0.258 e. The van der Waals surface area contributed by atoms with Crippen molar-refractivity contribution < 1.29 is 14.8 Å². The second-order valence-electron chi connectivity index (χ2n) is 22.6. The van der Waals surface area contributed by atoms with E-state index in [1.165, 1.54) is 0 Å². The normalized spacial score (nSPS) is 13.3. The van der Waals surface area contributed by atoms with Gasteiger partial charge in [0.2, 0.25) is 0 Å². The molecule has 0 saturated carbocycles. The summed E-state index contributed by atoms with van der Waals surface area (Å²) in [6.45, 7) is 19.9. The van der Waals surface area contributed by atoms with E-state index in [2.05, 4.69) is 117 Å². The second-order valence-corrected chi connectivity index (χ2v) is 22.6. The number of nitro groups is 3. The molecule has 0 spiro atoms. The molecule has 0 amide bonds. The fourth-order valence-corrected chi connectivity index (χ4v) is 12.1. The van der Waals surface area contributed by atoms with Crippen molar-refractivity contribution in [3.05, 3.63) is 156 Å². The summed E-state index contributed by atoms with van der Waals surface area (Å²) in [5.74, 6) is 0. The number of hydrogen-bond donors (Lipinski definition) is 0. The van der Waals surface area contributed by atoms with Crippen molar-refractivity contribution in [2.75, 3.05) is 0 Å². The Morgan fingerprint density at radius 3 is 0.710 bits per heavy atom. The van der Waals surface area contributed by atoms with Crippen molar-refractivity contribution in [1.29, 1.82) is 0 Å². The van der Waals surface area contributed by atoms with Gasteiger partial charge in [-0.05, 0) is 235 Å². The highest BCUT2D eigenvalue weighted by molar-refractivity contribution is 6.57. The zero-order valence-electron chi connectivity index (χ0n) is 39.7. The molecule has 0 aliphatic carbocycles. The zero-order valence-corrected chi connectivity index (χ0v) is 39.7. The Bertz CT molecular complexity index is 4070. The van der Waals surface area contributed by atoms with Crippen LogP contribution in [-0.4, -0.2) is 14.8 Å². The Hall–Kier alpha value is -8.04. The van der Waals surface area contributed by atoms with Crippen LogP contribution in [0.25, 0.3) is 129 Å². The van der Waals surface area contributed by atoms with Crippen LogP contribution in [0.15, 0.2) is 109 Å². The average molecular weight is 904 g/mol. The molecule has 0 unspecified atom stereocenters. The summed E-state index contributed by atoms with van der Waals surface area (Å²) in [5.41, 5.74) is 2.61. The quantitative estimate of drug-likeness (QED) is 0.0986. The number of nitrogens with zero attached hydrogens (tertiary/aromatic N) is 3. The van der Waals surface area contributed by atoms with Gasteiger partial charge in [0.25, 0.3) is 17.1 Å². The highest BCUT2D eigenvalue weighted by atomic mass is 16.6. The number of hydrogen-bond acceptors (Lipinski definition) is 6. The predicted molar refractivity (Wildman–Crippen MR) is 286 cm³/mol. The number of nitro benzene ring substituents is 3. The first kappa shape index (κ1) is 41.2. The van der Waals surface area contributed by atoms with E-state index in [4.69, 9.17) is 0 Å². The zero-order chi connectivity index (χ0) is 48.3. The molecule has 0 saturated heterocycles. The molecule has 13 aromatic carbocycles. The van der Waals surface area contributed by atoms with Gasteiger partial charge in [0.15, 0.2) is 0 Å². The van der Waals surface area contributed by atoms with Crippen LogP contribution in [0.2, 0.25) is 0 Å². The Kier molecular flexibility index (Phi) is 7.72. The SMILES string of the molecule is CC(C)(C)c1cc2c3ccc([N+](=O)[O-])cc3cc3c2c(c1)c1c2c4cc5cc([N+](=O)[O-])ccc5c5cc(C(C)(C)C)cc(c54)c2c2c4cc5cc([N+](=O)[O-])ccc5c5cc(C(C)(C)C)cc(c54)c2c31. The topological polar surface area (TPSA) is 129 Å². The smallest absolute Gasteiger partial charge is 0.258 e. The minimum atomic E-state index is -0.336.